The summed E-state index contributed by atoms with van der Waals surface area (Å²) in [5, 5.41) is 24.6. The lowest BCUT2D eigenvalue weighted by Crippen LogP contribution is -2.57. The lowest BCUT2D eigenvalue weighted by molar-refractivity contribution is 0.0458. The van der Waals surface area contributed by atoms with Crippen molar-refractivity contribution in [3.05, 3.63) is 65.8 Å². The van der Waals surface area contributed by atoms with Gasteiger partial charge in [0.1, 0.15) is 17.4 Å². The third kappa shape index (κ3) is 3.67. The Bertz CT molecular complexity index is 1250. The van der Waals surface area contributed by atoms with Crippen LogP contribution in [0.15, 0.2) is 60.0 Å². The summed E-state index contributed by atoms with van der Waals surface area (Å²) in [6.45, 7) is 7.92. The number of phenols is 1. The van der Waals surface area contributed by atoms with E-state index < -0.39 is 29.6 Å². The van der Waals surface area contributed by atoms with Crippen LogP contribution in [-0.2, 0) is 4.74 Å². The normalized spacial score (nSPS) is 25.4. The van der Waals surface area contributed by atoms with Gasteiger partial charge in [-0.1, -0.05) is 12.1 Å². The van der Waals surface area contributed by atoms with Crippen molar-refractivity contribution < 1.29 is 23.0 Å². The van der Waals surface area contributed by atoms with E-state index in [0.29, 0.717) is 17.3 Å². The molecule has 7 nitrogen and oxygen atoms in total. The van der Waals surface area contributed by atoms with Crippen molar-refractivity contribution in [2.45, 2.75) is 44.4 Å². The molecule has 1 fully saturated rings. The molecule has 10 heteroatoms. The van der Waals surface area contributed by atoms with Gasteiger partial charge in [0.15, 0.2) is 17.4 Å². The number of alkyl halides is 2. The molecule has 1 saturated heterocycles. The number of ether oxygens (including phenoxy) is 1. The molecule has 0 radical (unpaired) electrons. The quantitative estimate of drug-likeness (QED) is 0.544. The largest absolute Gasteiger partial charge is 0.504 e. The van der Waals surface area contributed by atoms with Crippen LogP contribution in [0.2, 0.25) is 0 Å². The van der Waals surface area contributed by atoms with Crippen molar-refractivity contribution in [2.24, 2.45) is 0 Å². The Morgan fingerprint density at radius 3 is 2.86 bits per heavy atom. The second-order valence-corrected chi connectivity index (χ2v) is 9.11. The van der Waals surface area contributed by atoms with E-state index in [1.807, 2.05) is 13.8 Å². The first-order chi connectivity index (χ1) is 16.7. The van der Waals surface area contributed by atoms with Crippen molar-refractivity contribution in [3.63, 3.8) is 0 Å². The van der Waals surface area contributed by atoms with Gasteiger partial charge >= 0.3 is 0 Å². The van der Waals surface area contributed by atoms with E-state index in [4.69, 9.17) is 4.74 Å². The third-order valence-corrected chi connectivity index (χ3v) is 7.15. The number of hydrogen-bond acceptors (Lipinski definition) is 7. The fourth-order valence-corrected chi connectivity index (χ4v) is 5.00. The summed E-state index contributed by atoms with van der Waals surface area (Å²) >= 11 is 0. The monoisotopic (exact) mass is 485 g/mol. The number of aromatic nitrogens is 2. The van der Waals surface area contributed by atoms with E-state index in [0.717, 1.165) is 17.2 Å². The Labute approximate surface area is 201 Å². The van der Waals surface area contributed by atoms with Gasteiger partial charge in [0.25, 0.3) is 6.43 Å². The second-order valence-electron chi connectivity index (χ2n) is 9.11. The highest BCUT2D eigenvalue weighted by atomic mass is 19.3. The molecule has 5 rings (SSSR count). The number of nitrogens with zero attached hydrogens (tertiary/aromatic N) is 3. The zero-order valence-corrected chi connectivity index (χ0v) is 19.4. The fourth-order valence-electron chi connectivity index (χ4n) is 5.00. The van der Waals surface area contributed by atoms with Gasteiger partial charge in [-0.3, -0.25) is 0 Å². The van der Waals surface area contributed by atoms with Crippen LogP contribution in [0.3, 0.4) is 0 Å². The van der Waals surface area contributed by atoms with Crippen molar-refractivity contribution in [2.75, 3.05) is 23.3 Å². The molecule has 1 aromatic heterocycles. The molecule has 3 aliphatic rings. The van der Waals surface area contributed by atoms with Gasteiger partial charge in [-0.2, -0.15) is 0 Å². The number of fused-ring (bicyclic) bond motifs is 3. The van der Waals surface area contributed by atoms with Gasteiger partial charge < -0.3 is 25.4 Å². The highest BCUT2D eigenvalue weighted by Gasteiger charge is 2.56. The topological polar surface area (TPSA) is 82.5 Å². The van der Waals surface area contributed by atoms with Crippen LogP contribution in [0.5, 0.6) is 5.75 Å². The first kappa shape index (κ1) is 23.1. The Hall–Kier alpha value is -3.69. The summed E-state index contributed by atoms with van der Waals surface area (Å²) in [5.74, 6) is -0.411. The average Bonchev–Trinajstić information content (AvgIpc) is 3.24. The summed E-state index contributed by atoms with van der Waals surface area (Å²) in [4.78, 5) is 1.61. The summed E-state index contributed by atoms with van der Waals surface area (Å²) in [5.41, 5.74) is 1.20. The molecule has 0 amide bonds. The summed E-state index contributed by atoms with van der Waals surface area (Å²) in [7, 11) is 0. The van der Waals surface area contributed by atoms with Crippen LogP contribution in [0.1, 0.15) is 20.3 Å². The minimum Gasteiger partial charge on any atom is -0.504 e. The average molecular weight is 486 g/mol. The maximum atomic E-state index is 14.6. The number of phenolic OH excluding ortho intramolecular Hbond substituents is 1. The predicted molar refractivity (Wildman–Crippen MR) is 127 cm³/mol. The van der Waals surface area contributed by atoms with Crippen LogP contribution in [0, 0.1) is 5.82 Å². The zero-order valence-electron chi connectivity index (χ0n) is 19.4. The molecule has 0 bridgehead atoms. The number of hydrogen-bond donors (Lipinski definition) is 3. The van der Waals surface area contributed by atoms with Crippen molar-refractivity contribution in [1.82, 2.24) is 15.5 Å². The zero-order chi connectivity index (χ0) is 24.9. The number of aromatic hydroxyl groups is 1. The lowest BCUT2D eigenvalue weighted by Gasteiger charge is -2.43. The van der Waals surface area contributed by atoms with E-state index in [9.17, 15) is 18.3 Å². The smallest absolute Gasteiger partial charge is 0.263 e. The highest BCUT2D eigenvalue weighted by molar-refractivity contribution is 5.77. The van der Waals surface area contributed by atoms with Gasteiger partial charge in [0.2, 0.25) is 0 Å². The lowest BCUT2D eigenvalue weighted by atomic mass is 9.93. The molecule has 3 atom stereocenters. The van der Waals surface area contributed by atoms with Crippen LogP contribution in [-0.4, -0.2) is 52.5 Å². The molecule has 0 saturated carbocycles. The van der Waals surface area contributed by atoms with E-state index in [-0.39, 0.29) is 36.8 Å². The molecular weight excluding hydrogens is 459 g/mol. The van der Waals surface area contributed by atoms with Gasteiger partial charge in [0, 0.05) is 24.7 Å². The van der Waals surface area contributed by atoms with Gasteiger partial charge in [-0.25, -0.2) is 13.2 Å². The third-order valence-electron chi connectivity index (χ3n) is 7.15. The first-order valence-electron chi connectivity index (χ1n) is 11.3. The Kier molecular flexibility index (Phi) is 5.61. The minimum absolute atomic E-state index is 0.00280. The van der Waals surface area contributed by atoms with Crippen LogP contribution in [0.25, 0.3) is 11.3 Å². The van der Waals surface area contributed by atoms with Gasteiger partial charge in [-0.05, 0) is 43.2 Å². The van der Waals surface area contributed by atoms with Crippen molar-refractivity contribution >= 4 is 11.5 Å². The number of para-hydroxylation sites is 1. The van der Waals surface area contributed by atoms with Crippen molar-refractivity contribution in [1.29, 1.82) is 0 Å². The van der Waals surface area contributed by atoms with Crippen LogP contribution in [0.4, 0.5) is 24.7 Å². The van der Waals surface area contributed by atoms with Gasteiger partial charge in [-0.15, -0.1) is 16.8 Å². The number of rotatable bonds is 5. The Morgan fingerprint density at radius 1 is 1.31 bits per heavy atom. The van der Waals surface area contributed by atoms with Crippen molar-refractivity contribution in [3.8, 4) is 17.0 Å². The number of allylic oxidation sites excluding steroid dienone is 1. The number of nitrogens with one attached hydrogen (secondary N) is 2. The first-order valence-corrected chi connectivity index (χ1v) is 11.3. The number of halogens is 3. The second kappa shape index (κ2) is 8.51. The highest BCUT2D eigenvalue weighted by Crippen LogP contribution is 2.47. The molecule has 184 valence electrons. The predicted octanol–water partition coefficient (Wildman–Crippen LogP) is 4.35. The van der Waals surface area contributed by atoms with Gasteiger partial charge in [0.05, 0.1) is 24.0 Å². The summed E-state index contributed by atoms with van der Waals surface area (Å²) < 4.78 is 49.3. The van der Waals surface area contributed by atoms with Crippen LogP contribution >= 0.6 is 0 Å². The molecule has 1 aromatic carbocycles. The summed E-state index contributed by atoms with van der Waals surface area (Å²) in [6, 6.07) is 5.61. The minimum atomic E-state index is -2.67. The molecule has 0 aliphatic carbocycles. The standard InChI is InChI=1S/C25H26F3N5O2/c1-4-18-13(2)14(3)21(10-29-18)35-15-9-25(24(27)28)12-30-23-20(33(25)11-15)8-19(31-32-23)16-6-5-7-17(26)22(16)34/h4-8,10,15,18,24,29,34H,1,9,11-12H2,2-3H3,(H,30,32). The molecule has 2 aromatic rings. The molecule has 35 heavy (non-hydrogen) atoms. The number of anilines is 2. The van der Waals surface area contributed by atoms with E-state index >= 15 is 0 Å². The maximum absolute atomic E-state index is 14.6. The van der Waals surface area contributed by atoms with E-state index in [2.05, 4.69) is 27.4 Å². The Balaban J connectivity index is 1.48. The van der Waals surface area contributed by atoms with Crippen LogP contribution < -0.4 is 15.5 Å². The maximum Gasteiger partial charge on any atom is 0.263 e. The molecule has 3 unspecified atom stereocenters. The molecular formula is C25H26F3N5O2. The van der Waals surface area contributed by atoms with E-state index in [1.54, 1.807) is 23.2 Å². The molecule has 3 N–H and O–H groups in total. The number of dihydropyridines is 1. The number of benzene rings is 1. The Morgan fingerprint density at radius 2 is 2.11 bits per heavy atom. The molecule has 0 spiro atoms. The summed E-state index contributed by atoms with van der Waals surface area (Å²) in [6.07, 6.45) is 0.466. The molecule has 3 aliphatic heterocycles. The SMILES string of the molecule is C=CC1NC=C(OC2CN3c4cc(-c5cccc(F)c5O)nnc4NCC3(C(F)F)C2)C(C)=C1C. The molecule has 4 heterocycles. The van der Waals surface area contributed by atoms with E-state index in [1.165, 1.54) is 12.1 Å². The fraction of sp³-hybridized carbons (Fsp3) is 0.360.